The highest BCUT2D eigenvalue weighted by atomic mass is 16.2. The van der Waals surface area contributed by atoms with Gasteiger partial charge in [0.2, 0.25) is 0 Å². The number of carbonyl (C=O) groups is 1. The molecule has 0 aliphatic carbocycles. The molecule has 68 valence electrons. The van der Waals surface area contributed by atoms with Gasteiger partial charge in [0.15, 0.2) is 6.29 Å². The van der Waals surface area contributed by atoms with Crippen molar-refractivity contribution in [3.63, 3.8) is 0 Å². The van der Waals surface area contributed by atoms with Gasteiger partial charge in [0.1, 0.15) is 0 Å². The summed E-state index contributed by atoms with van der Waals surface area (Å²) in [5.41, 5.74) is 1.36. The summed E-state index contributed by atoms with van der Waals surface area (Å²) >= 11 is 0. The lowest BCUT2D eigenvalue weighted by molar-refractivity contribution is 0.112. The molecule has 0 saturated heterocycles. The lowest BCUT2D eigenvalue weighted by Crippen LogP contribution is -1.84. The molecular formula is C10H11NO2. The second-order valence-electron chi connectivity index (χ2n) is 2.55. The van der Waals surface area contributed by atoms with Crippen LogP contribution in [0.1, 0.15) is 22.5 Å². The predicted molar refractivity (Wildman–Crippen MR) is 50.4 cm³/mol. The maximum absolute atomic E-state index is 10.3. The Labute approximate surface area is 76.7 Å². The van der Waals surface area contributed by atoms with E-state index < -0.39 is 0 Å². The van der Waals surface area contributed by atoms with Crippen LogP contribution in [0.5, 0.6) is 0 Å². The monoisotopic (exact) mass is 177 g/mol. The average molecular weight is 177 g/mol. The SMILES string of the molecule is O=Cc1ccc(C=CCCO)nc1. The Morgan fingerprint density at radius 3 is 2.85 bits per heavy atom. The fourth-order valence-electron chi connectivity index (χ4n) is 0.864. The molecule has 0 fully saturated rings. The number of carbonyl (C=O) groups excluding carboxylic acids is 1. The van der Waals surface area contributed by atoms with Crippen molar-refractivity contribution in [2.45, 2.75) is 6.42 Å². The maximum atomic E-state index is 10.3. The Hall–Kier alpha value is -1.48. The third kappa shape index (κ3) is 3.17. The molecule has 3 nitrogen and oxygen atoms in total. The first kappa shape index (κ1) is 9.61. The topological polar surface area (TPSA) is 50.2 Å². The lowest BCUT2D eigenvalue weighted by Gasteiger charge is -1.92. The zero-order valence-electron chi connectivity index (χ0n) is 7.18. The van der Waals surface area contributed by atoms with Crippen molar-refractivity contribution in [3.05, 3.63) is 35.7 Å². The number of pyridine rings is 1. The molecule has 0 radical (unpaired) electrons. The number of rotatable bonds is 4. The predicted octanol–water partition coefficient (Wildman–Crippen LogP) is 1.29. The first-order valence-corrected chi connectivity index (χ1v) is 4.05. The Morgan fingerprint density at radius 1 is 1.46 bits per heavy atom. The van der Waals surface area contributed by atoms with E-state index in [0.717, 1.165) is 12.0 Å². The molecule has 1 heterocycles. The third-order valence-corrected chi connectivity index (χ3v) is 1.53. The van der Waals surface area contributed by atoms with Gasteiger partial charge in [-0.05, 0) is 24.6 Å². The quantitative estimate of drug-likeness (QED) is 0.705. The molecule has 1 aromatic rings. The fourth-order valence-corrected chi connectivity index (χ4v) is 0.864. The van der Waals surface area contributed by atoms with Crippen LogP contribution >= 0.6 is 0 Å². The van der Waals surface area contributed by atoms with Crippen molar-refractivity contribution in [1.82, 2.24) is 4.98 Å². The molecule has 0 amide bonds. The van der Waals surface area contributed by atoms with Crippen LogP contribution in [0.4, 0.5) is 0 Å². The molecule has 0 saturated carbocycles. The van der Waals surface area contributed by atoms with Crippen LogP contribution in [0, 0.1) is 0 Å². The molecule has 0 unspecified atom stereocenters. The van der Waals surface area contributed by atoms with Gasteiger partial charge in [0.25, 0.3) is 0 Å². The van der Waals surface area contributed by atoms with Gasteiger partial charge in [-0.25, -0.2) is 0 Å². The van der Waals surface area contributed by atoms with Crippen molar-refractivity contribution in [1.29, 1.82) is 0 Å². The van der Waals surface area contributed by atoms with Crippen molar-refractivity contribution < 1.29 is 9.90 Å². The van der Waals surface area contributed by atoms with E-state index in [1.807, 2.05) is 12.2 Å². The fraction of sp³-hybridized carbons (Fsp3) is 0.200. The van der Waals surface area contributed by atoms with E-state index in [9.17, 15) is 4.79 Å². The number of hydrogen-bond donors (Lipinski definition) is 1. The van der Waals surface area contributed by atoms with Crippen molar-refractivity contribution in [2.75, 3.05) is 6.61 Å². The van der Waals surface area contributed by atoms with E-state index >= 15 is 0 Å². The number of aliphatic hydroxyl groups excluding tert-OH is 1. The van der Waals surface area contributed by atoms with Crippen LogP contribution in [0.25, 0.3) is 6.08 Å². The average Bonchev–Trinajstić information content (AvgIpc) is 2.19. The molecule has 0 atom stereocenters. The standard InChI is InChI=1S/C10H11NO2/c12-6-2-1-3-10-5-4-9(8-13)7-11-10/h1,3-5,7-8,12H,2,6H2. The Morgan fingerprint density at radius 2 is 2.31 bits per heavy atom. The third-order valence-electron chi connectivity index (χ3n) is 1.53. The Bertz CT molecular complexity index is 290. The molecule has 1 rings (SSSR count). The first-order valence-electron chi connectivity index (χ1n) is 4.05. The Balaban J connectivity index is 2.63. The van der Waals surface area contributed by atoms with E-state index in [4.69, 9.17) is 5.11 Å². The molecule has 13 heavy (non-hydrogen) atoms. The lowest BCUT2D eigenvalue weighted by atomic mass is 10.2. The van der Waals surface area contributed by atoms with E-state index in [1.54, 1.807) is 12.1 Å². The molecular weight excluding hydrogens is 166 g/mol. The minimum atomic E-state index is 0.142. The smallest absolute Gasteiger partial charge is 0.151 e. The van der Waals surface area contributed by atoms with Crippen molar-refractivity contribution >= 4 is 12.4 Å². The van der Waals surface area contributed by atoms with Gasteiger partial charge in [-0.15, -0.1) is 0 Å². The van der Waals surface area contributed by atoms with Gasteiger partial charge >= 0.3 is 0 Å². The van der Waals surface area contributed by atoms with Crippen LogP contribution < -0.4 is 0 Å². The molecule has 1 N–H and O–H groups in total. The minimum absolute atomic E-state index is 0.142. The zero-order chi connectivity index (χ0) is 9.52. The van der Waals surface area contributed by atoms with Gasteiger partial charge in [-0.1, -0.05) is 6.08 Å². The largest absolute Gasteiger partial charge is 0.396 e. The van der Waals surface area contributed by atoms with Gasteiger partial charge in [0, 0.05) is 18.4 Å². The minimum Gasteiger partial charge on any atom is -0.396 e. The normalized spacial score (nSPS) is 10.5. The summed E-state index contributed by atoms with van der Waals surface area (Å²) in [7, 11) is 0. The molecule has 0 aliphatic heterocycles. The molecule has 1 aromatic heterocycles. The number of nitrogens with zero attached hydrogens (tertiary/aromatic N) is 1. The Kier molecular flexibility index (Phi) is 3.85. The summed E-state index contributed by atoms with van der Waals surface area (Å²) in [4.78, 5) is 14.3. The van der Waals surface area contributed by atoms with Gasteiger partial charge in [-0.3, -0.25) is 9.78 Å². The zero-order valence-corrected chi connectivity index (χ0v) is 7.18. The highest BCUT2D eigenvalue weighted by Crippen LogP contribution is 2.00. The molecule has 0 aliphatic rings. The number of aliphatic hydroxyl groups is 1. The maximum Gasteiger partial charge on any atom is 0.151 e. The van der Waals surface area contributed by atoms with Gasteiger partial charge < -0.3 is 5.11 Å². The van der Waals surface area contributed by atoms with Crippen LogP contribution in [0.2, 0.25) is 0 Å². The van der Waals surface area contributed by atoms with Gasteiger partial charge in [0.05, 0.1) is 5.69 Å². The van der Waals surface area contributed by atoms with Crippen LogP contribution in [-0.2, 0) is 0 Å². The summed E-state index contributed by atoms with van der Waals surface area (Å²) in [6, 6.07) is 3.47. The van der Waals surface area contributed by atoms with Gasteiger partial charge in [-0.2, -0.15) is 0 Å². The molecule has 0 spiro atoms. The number of aromatic nitrogens is 1. The summed E-state index contributed by atoms with van der Waals surface area (Å²) in [6.45, 7) is 0.142. The summed E-state index contributed by atoms with van der Waals surface area (Å²) in [5.74, 6) is 0. The number of aldehydes is 1. The van der Waals surface area contributed by atoms with Crippen LogP contribution in [-0.4, -0.2) is 23.0 Å². The molecule has 0 aromatic carbocycles. The summed E-state index contributed by atoms with van der Waals surface area (Å²) in [6.07, 6.45) is 6.55. The van der Waals surface area contributed by atoms with E-state index in [-0.39, 0.29) is 6.61 Å². The second-order valence-corrected chi connectivity index (χ2v) is 2.55. The molecule has 3 heteroatoms. The van der Waals surface area contributed by atoms with Crippen molar-refractivity contribution in [2.24, 2.45) is 0 Å². The van der Waals surface area contributed by atoms with E-state index in [0.29, 0.717) is 12.0 Å². The first-order chi connectivity index (χ1) is 6.36. The second kappa shape index (κ2) is 5.22. The van der Waals surface area contributed by atoms with Crippen LogP contribution in [0.3, 0.4) is 0 Å². The van der Waals surface area contributed by atoms with Crippen molar-refractivity contribution in [3.8, 4) is 0 Å². The van der Waals surface area contributed by atoms with E-state index in [1.165, 1.54) is 6.20 Å². The number of hydrogen-bond acceptors (Lipinski definition) is 3. The highest BCUT2D eigenvalue weighted by Gasteiger charge is 1.89. The summed E-state index contributed by atoms with van der Waals surface area (Å²) < 4.78 is 0. The van der Waals surface area contributed by atoms with E-state index in [2.05, 4.69) is 4.98 Å². The molecule has 0 bridgehead atoms. The van der Waals surface area contributed by atoms with Crippen LogP contribution in [0.15, 0.2) is 24.4 Å². The summed E-state index contributed by atoms with van der Waals surface area (Å²) in [5, 5.41) is 8.51. The highest BCUT2D eigenvalue weighted by molar-refractivity contribution is 5.74.